The number of carbonyl (C=O) groups excluding carboxylic acids is 2. The van der Waals surface area contributed by atoms with E-state index >= 15 is 0 Å². The molecule has 0 radical (unpaired) electrons. The molecule has 2 fully saturated rings. The third kappa shape index (κ3) is 3.03. The van der Waals surface area contributed by atoms with Crippen molar-refractivity contribution in [2.75, 3.05) is 13.1 Å². The molecule has 0 aliphatic carbocycles. The summed E-state index contributed by atoms with van der Waals surface area (Å²) in [4.78, 5) is 32.5. The lowest BCUT2D eigenvalue weighted by Gasteiger charge is -2.35. The molecule has 2 unspecified atom stereocenters. The van der Waals surface area contributed by atoms with Crippen molar-refractivity contribution in [1.29, 1.82) is 0 Å². The number of hydrogen-bond donors (Lipinski definition) is 1. The summed E-state index contributed by atoms with van der Waals surface area (Å²) in [5, 5.41) is 1.12. The molecule has 4 rings (SSSR count). The van der Waals surface area contributed by atoms with Crippen LogP contribution in [0.4, 0.5) is 0 Å². The van der Waals surface area contributed by atoms with Crippen LogP contribution in [0.1, 0.15) is 38.2 Å². The molecule has 2 aliphatic heterocycles. The van der Waals surface area contributed by atoms with Gasteiger partial charge in [-0.3, -0.25) is 9.59 Å². The Labute approximate surface area is 148 Å². The van der Waals surface area contributed by atoms with E-state index in [9.17, 15) is 9.59 Å². The van der Waals surface area contributed by atoms with Gasteiger partial charge in [0.25, 0.3) is 0 Å². The molecule has 2 aliphatic rings. The molecule has 132 valence electrons. The number of amides is 2. The van der Waals surface area contributed by atoms with Gasteiger partial charge in [0, 0.05) is 43.2 Å². The SMILES string of the molecule is CC1CCCN(C(=O)C2CCC(=O)N2Cc2c[nH]c3ccccc23)C1. The van der Waals surface area contributed by atoms with Crippen LogP contribution in [0.25, 0.3) is 10.9 Å². The molecule has 2 aromatic rings. The molecular weight excluding hydrogens is 314 g/mol. The third-order valence-electron chi connectivity index (χ3n) is 5.60. The van der Waals surface area contributed by atoms with E-state index in [2.05, 4.69) is 18.0 Å². The average Bonchev–Trinajstić information content (AvgIpc) is 3.19. The molecule has 0 spiro atoms. The molecule has 5 heteroatoms. The summed E-state index contributed by atoms with van der Waals surface area (Å²) in [6, 6.07) is 7.79. The Balaban J connectivity index is 1.54. The normalized spacial score (nSPS) is 24.3. The maximum absolute atomic E-state index is 13.0. The van der Waals surface area contributed by atoms with Crippen LogP contribution >= 0.6 is 0 Å². The van der Waals surface area contributed by atoms with Crippen LogP contribution in [-0.4, -0.2) is 45.7 Å². The second kappa shape index (κ2) is 6.54. The summed E-state index contributed by atoms with van der Waals surface area (Å²) < 4.78 is 0. The van der Waals surface area contributed by atoms with E-state index in [0.717, 1.165) is 36.0 Å². The Kier molecular flexibility index (Phi) is 4.24. The molecule has 2 atom stereocenters. The van der Waals surface area contributed by atoms with E-state index in [4.69, 9.17) is 0 Å². The minimum Gasteiger partial charge on any atom is -0.361 e. The van der Waals surface area contributed by atoms with Gasteiger partial charge in [-0.15, -0.1) is 0 Å². The monoisotopic (exact) mass is 339 g/mol. The number of rotatable bonds is 3. The number of aromatic nitrogens is 1. The summed E-state index contributed by atoms with van der Waals surface area (Å²) >= 11 is 0. The molecule has 0 saturated carbocycles. The van der Waals surface area contributed by atoms with E-state index in [1.165, 1.54) is 6.42 Å². The first-order valence-corrected chi connectivity index (χ1v) is 9.26. The third-order valence-corrected chi connectivity index (χ3v) is 5.60. The highest BCUT2D eigenvalue weighted by atomic mass is 16.2. The molecule has 1 N–H and O–H groups in total. The van der Waals surface area contributed by atoms with Crippen molar-refractivity contribution in [2.45, 2.75) is 45.2 Å². The second-order valence-corrected chi connectivity index (χ2v) is 7.47. The lowest BCUT2D eigenvalue weighted by atomic mass is 9.99. The number of H-pyrrole nitrogens is 1. The molecular formula is C20H25N3O2. The Morgan fingerprint density at radius 3 is 2.96 bits per heavy atom. The number of para-hydroxylation sites is 1. The molecule has 5 nitrogen and oxygen atoms in total. The summed E-state index contributed by atoms with van der Waals surface area (Å²) in [6.07, 6.45) is 5.33. The van der Waals surface area contributed by atoms with Crippen molar-refractivity contribution in [3.05, 3.63) is 36.0 Å². The van der Waals surface area contributed by atoms with Crippen molar-refractivity contribution >= 4 is 22.7 Å². The van der Waals surface area contributed by atoms with Crippen LogP contribution in [0.15, 0.2) is 30.5 Å². The fourth-order valence-electron chi connectivity index (χ4n) is 4.23. The van der Waals surface area contributed by atoms with Crippen LogP contribution in [0, 0.1) is 5.92 Å². The lowest BCUT2D eigenvalue weighted by molar-refractivity contribution is -0.143. The van der Waals surface area contributed by atoms with Crippen LogP contribution in [0.5, 0.6) is 0 Å². The smallest absolute Gasteiger partial charge is 0.245 e. The Morgan fingerprint density at radius 1 is 1.28 bits per heavy atom. The zero-order chi connectivity index (χ0) is 17.4. The molecule has 0 bridgehead atoms. The number of fused-ring (bicyclic) bond motifs is 1. The number of benzene rings is 1. The van der Waals surface area contributed by atoms with Crippen LogP contribution in [0.3, 0.4) is 0 Å². The van der Waals surface area contributed by atoms with Crippen molar-refractivity contribution in [1.82, 2.24) is 14.8 Å². The maximum atomic E-state index is 13.0. The standard InChI is InChI=1S/C20H25N3O2/c1-14-5-4-10-22(12-14)20(25)18-8-9-19(24)23(18)13-15-11-21-17-7-3-2-6-16(15)17/h2-3,6-7,11,14,18,21H,4-5,8-10,12-13H2,1H3. The molecule has 2 amide bonds. The minimum atomic E-state index is -0.300. The molecule has 25 heavy (non-hydrogen) atoms. The number of piperidine rings is 1. The van der Waals surface area contributed by atoms with Gasteiger partial charge < -0.3 is 14.8 Å². The first-order valence-electron chi connectivity index (χ1n) is 9.26. The van der Waals surface area contributed by atoms with Gasteiger partial charge in [0.15, 0.2) is 0 Å². The van der Waals surface area contributed by atoms with E-state index in [1.807, 2.05) is 29.3 Å². The number of nitrogens with zero attached hydrogens (tertiary/aromatic N) is 2. The highest BCUT2D eigenvalue weighted by molar-refractivity contribution is 5.91. The lowest BCUT2D eigenvalue weighted by Crippen LogP contribution is -2.49. The summed E-state index contributed by atoms with van der Waals surface area (Å²) in [7, 11) is 0. The van der Waals surface area contributed by atoms with Gasteiger partial charge in [0.2, 0.25) is 11.8 Å². The van der Waals surface area contributed by atoms with Crippen LogP contribution in [-0.2, 0) is 16.1 Å². The van der Waals surface area contributed by atoms with E-state index in [0.29, 0.717) is 25.3 Å². The minimum absolute atomic E-state index is 0.0914. The first-order chi connectivity index (χ1) is 12.1. The van der Waals surface area contributed by atoms with Crippen LogP contribution < -0.4 is 0 Å². The number of carbonyl (C=O) groups is 2. The van der Waals surface area contributed by atoms with Crippen molar-refractivity contribution in [3.8, 4) is 0 Å². The van der Waals surface area contributed by atoms with Gasteiger partial charge in [-0.05, 0) is 36.8 Å². The maximum Gasteiger partial charge on any atom is 0.245 e. The topological polar surface area (TPSA) is 56.4 Å². The molecule has 1 aromatic carbocycles. The zero-order valence-corrected chi connectivity index (χ0v) is 14.7. The highest BCUT2D eigenvalue weighted by Crippen LogP contribution is 2.27. The molecule has 2 saturated heterocycles. The number of likely N-dealkylation sites (tertiary alicyclic amines) is 2. The largest absolute Gasteiger partial charge is 0.361 e. The number of nitrogens with one attached hydrogen (secondary N) is 1. The predicted octanol–water partition coefficient (Wildman–Crippen LogP) is 2.92. The Morgan fingerprint density at radius 2 is 2.12 bits per heavy atom. The van der Waals surface area contributed by atoms with Gasteiger partial charge >= 0.3 is 0 Å². The number of aromatic amines is 1. The van der Waals surface area contributed by atoms with Crippen molar-refractivity contribution in [2.24, 2.45) is 5.92 Å². The predicted molar refractivity (Wildman–Crippen MR) is 96.8 cm³/mol. The summed E-state index contributed by atoms with van der Waals surface area (Å²) in [6.45, 7) is 4.35. The van der Waals surface area contributed by atoms with Gasteiger partial charge in [-0.2, -0.15) is 0 Å². The average molecular weight is 339 g/mol. The van der Waals surface area contributed by atoms with Crippen molar-refractivity contribution < 1.29 is 9.59 Å². The summed E-state index contributed by atoms with van der Waals surface area (Å²) in [5.41, 5.74) is 2.15. The quantitative estimate of drug-likeness (QED) is 0.935. The van der Waals surface area contributed by atoms with Crippen LogP contribution in [0.2, 0.25) is 0 Å². The zero-order valence-electron chi connectivity index (χ0n) is 14.7. The second-order valence-electron chi connectivity index (χ2n) is 7.47. The summed E-state index contributed by atoms with van der Waals surface area (Å²) in [5.74, 6) is 0.780. The van der Waals surface area contributed by atoms with E-state index in [-0.39, 0.29) is 17.9 Å². The van der Waals surface area contributed by atoms with E-state index < -0.39 is 0 Å². The highest BCUT2D eigenvalue weighted by Gasteiger charge is 2.39. The van der Waals surface area contributed by atoms with Gasteiger partial charge in [-0.1, -0.05) is 25.1 Å². The molecule has 1 aromatic heterocycles. The van der Waals surface area contributed by atoms with Crippen molar-refractivity contribution in [3.63, 3.8) is 0 Å². The van der Waals surface area contributed by atoms with Gasteiger partial charge in [0.05, 0.1) is 0 Å². The molecule has 3 heterocycles. The van der Waals surface area contributed by atoms with Gasteiger partial charge in [0.1, 0.15) is 6.04 Å². The first kappa shape index (κ1) is 16.2. The fraction of sp³-hybridized carbons (Fsp3) is 0.500. The Hall–Kier alpha value is -2.30. The van der Waals surface area contributed by atoms with E-state index in [1.54, 1.807) is 4.90 Å². The Bertz CT molecular complexity index is 797. The fourth-order valence-corrected chi connectivity index (χ4v) is 4.23. The van der Waals surface area contributed by atoms with Gasteiger partial charge in [-0.25, -0.2) is 0 Å². The number of hydrogen-bond acceptors (Lipinski definition) is 2.